The van der Waals surface area contributed by atoms with E-state index >= 15 is 0 Å². The van der Waals surface area contributed by atoms with Crippen LogP contribution in [0.4, 0.5) is 17.3 Å². The van der Waals surface area contributed by atoms with Gasteiger partial charge in [0.2, 0.25) is 5.95 Å². The number of aromatic nitrogens is 4. The first-order valence-electron chi connectivity index (χ1n) is 13.6. The van der Waals surface area contributed by atoms with Crippen molar-refractivity contribution in [2.75, 3.05) is 4.90 Å². The molecule has 0 unspecified atom stereocenters. The van der Waals surface area contributed by atoms with Crippen LogP contribution in [0.25, 0.3) is 56.1 Å². The van der Waals surface area contributed by atoms with Gasteiger partial charge in [-0.1, -0.05) is 115 Å². The maximum Gasteiger partial charge on any atom is 0.235 e. The molecule has 7 aromatic rings. The number of rotatable bonds is 4. The van der Waals surface area contributed by atoms with E-state index in [0.717, 1.165) is 61.6 Å². The van der Waals surface area contributed by atoms with Gasteiger partial charge < -0.3 is 0 Å². The third-order valence-corrected chi connectivity index (χ3v) is 7.43. The Hall–Kier alpha value is -5.68. The molecule has 2 aromatic heterocycles. The molecule has 0 saturated heterocycles. The summed E-state index contributed by atoms with van der Waals surface area (Å²) >= 11 is 0. The molecule has 41 heavy (non-hydrogen) atoms. The minimum atomic E-state index is 0.600. The average Bonchev–Trinajstić information content (AvgIpc) is 3.06. The van der Waals surface area contributed by atoms with E-state index in [-0.39, 0.29) is 0 Å². The highest BCUT2D eigenvalue weighted by Crippen LogP contribution is 2.49. The van der Waals surface area contributed by atoms with Gasteiger partial charge in [-0.3, -0.25) is 4.90 Å². The Bertz CT molecular complexity index is 1980. The highest BCUT2D eigenvalue weighted by atomic mass is 15.3. The van der Waals surface area contributed by atoms with E-state index in [1.807, 2.05) is 72.8 Å². The SMILES string of the molecule is c1ccc(-c2cc(-c3ccccc3)nc(N3c4ccccc4-c4nc(-c5ccccc5)nc5cccc3c45)n2)cc1. The van der Waals surface area contributed by atoms with Crippen LogP contribution in [0.15, 0.2) is 140 Å². The van der Waals surface area contributed by atoms with Crippen molar-refractivity contribution in [1.29, 1.82) is 0 Å². The fraction of sp³-hybridized carbons (Fsp3) is 0. The summed E-state index contributed by atoms with van der Waals surface area (Å²) in [5, 5.41) is 0.987. The summed E-state index contributed by atoms with van der Waals surface area (Å²) < 4.78 is 0. The number of hydrogen-bond acceptors (Lipinski definition) is 5. The Morgan fingerprint density at radius 3 is 1.66 bits per heavy atom. The van der Waals surface area contributed by atoms with Gasteiger partial charge in [0.05, 0.1) is 39.4 Å². The molecule has 1 aliphatic rings. The number of hydrogen-bond donors (Lipinski definition) is 0. The van der Waals surface area contributed by atoms with Crippen LogP contribution in [0, 0.1) is 0 Å². The molecule has 0 bridgehead atoms. The Morgan fingerprint density at radius 1 is 0.439 bits per heavy atom. The molecule has 0 fully saturated rings. The standard InChI is InChI=1S/C36H23N5/c1-4-13-24(14-5-1)29-23-30(25-15-6-2-7-16-25)39-36(38-29)41-31-21-11-10-19-27(31)34-33-28(20-12-22-32(33)41)37-35(40-34)26-17-8-3-9-18-26/h1-23H. The summed E-state index contributed by atoms with van der Waals surface area (Å²) in [4.78, 5) is 22.6. The quantitative estimate of drug-likeness (QED) is 0.230. The minimum absolute atomic E-state index is 0.600. The molecule has 0 spiro atoms. The van der Waals surface area contributed by atoms with Crippen molar-refractivity contribution in [1.82, 2.24) is 19.9 Å². The fourth-order valence-electron chi connectivity index (χ4n) is 5.52. The summed E-state index contributed by atoms with van der Waals surface area (Å²) in [6.45, 7) is 0. The first kappa shape index (κ1) is 23.2. The highest BCUT2D eigenvalue weighted by Gasteiger charge is 2.30. The molecule has 0 saturated carbocycles. The van der Waals surface area contributed by atoms with Gasteiger partial charge in [-0.15, -0.1) is 0 Å². The number of benzene rings is 5. The van der Waals surface area contributed by atoms with Crippen molar-refractivity contribution in [2.24, 2.45) is 0 Å². The highest BCUT2D eigenvalue weighted by molar-refractivity contribution is 6.11. The lowest BCUT2D eigenvalue weighted by atomic mass is 9.97. The summed E-state index contributed by atoms with van der Waals surface area (Å²) in [5.74, 6) is 1.31. The first-order chi connectivity index (χ1) is 20.3. The smallest absolute Gasteiger partial charge is 0.235 e. The van der Waals surface area contributed by atoms with Crippen LogP contribution in [-0.2, 0) is 0 Å². The van der Waals surface area contributed by atoms with Gasteiger partial charge in [0.25, 0.3) is 0 Å². The first-order valence-corrected chi connectivity index (χ1v) is 13.6. The van der Waals surface area contributed by atoms with E-state index in [1.54, 1.807) is 0 Å². The number of anilines is 3. The van der Waals surface area contributed by atoms with E-state index < -0.39 is 0 Å². The molecule has 0 N–H and O–H groups in total. The van der Waals surface area contributed by atoms with Crippen molar-refractivity contribution in [2.45, 2.75) is 0 Å². The van der Waals surface area contributed by atoms with Crippen molar-refractivity contribution < 1.29 is 0 Å². The van der Waals surface area contributed by atoms with E-state index in [4.69, 9.17) is 19.9 Å². The van der Waals surface area contributed by atoms with Crippen LogP contribution >= 0.6 is 0 Å². The Balaban J connectivity index is 1.41. The Labute approximate surface area is 237 Å². The second-order valence-electron chi connectivity index (χ2n) is 9.96. The van der Waals surface area contributed by atoms with Crippen molar-refractivity contribution in [3.63, 3.8) is 0 Å². The lowest BCUT2D eigenvalue weighted by Crippen LogP contribution is -2.19. The fourth-order valence-corrected chi connectivity index (χ4v) is 5.52. The Kier molecular flexibility index (Phi) is 5.38. The van der Waals surface area contributed by atoms with Crippen molar-refractivity contribution in [3.8, 4) is 45.2 Å². The van der Waals surface area contributed by atoms with E-state index in [9.17, 15) is 0 Å². The van der Waals surface area contributed by atoms with Gasteiger partial charge in [-0.25, -0.2) is 19.9 Å². The van der Waals surface area contributed by atoms with Gasteiger partial charge in [0, 0.05) is 22.3 Å². The topological polar surface area (TPSA) is 54.8 Å². The average molecular weight is 526 g/mol. The van der Waals surface area contributed by atoms with Gasteiger partial charge >= 0.3 is 0 Å². The number of para-hydroxylation sites is 1. The maximum atomic E-state index is 5.15. The predicted octanol–water partition coefficient (Wildman–Crippen LogP) is 8.87. The predicted molar refractivity (Wildman–Crippen MR) is 165 cm³/mol. The van der Waals surface area contributed by atoms with Crippen LogP contribution in [0.5, 0.6) is 0 Å². The molecule has 0 atom stereocenters. The number of fused-ring (bicyclic) bond motifs is 2. The molecule has 0 radical (unpaired) electrons. The van der Waals surface area contributed by atoms with E-state index in [0.29, 0.717) is 11.8 Å². The molecule has 5 aromatic carbocycles. The van der Waals surface area contributed by atoms with Gasteiger partial charge in [-0.05, 0) is 24.3 Å². The zero-order valence-corrected chi connectivity index (χ0v) is 22.0. The second kappa shape index (κ2) is 9.50. The summed E-state index contributed by atoms with van der Waals surface area (Å²) in [7, 11) is 0. The van der Waals surface area contributed by atoms with E-state index in [2.05, 4.69) is 71.6 Å². The minimum Gasteiger partial charge on any atom is -0.278 e. The zero-order valence-electron chi connectivity index (χ0n) is 22.0. The van der Waals surface area contributed by atoms with Crippen LogP contribution in [0.1, 0.15) is 0 Å². The Morgan fingerprint density at radius 2 is 1.00 bits per heavy atom. The molecule has 0 amide bonds. The van der Waals surface area contributed by atoms with Gasteiger partial charge in [0.15, 0.2) is 5.82 Å². The van der Waals surface area contributed by atoms with Gasteiger partial charge in [-0.2, -0.15) is 0 Å². The summed E-state index contributed by atoms with van der Waals surface area (Å²) in [6.07, 6.45) is 0. The normalized spacial score (nSPS) is 11.9. The molecule has 1 aliphatic heterocycles. The molecule has 3 heterocycles. The summed E-state index contributed by atoms with van der Waals surface area (Å²) in [6, 6.07) is 47.3. The summed E-state index contributed by atoms with van der Waals surface area (Å²) in [5.41, 5.74) is 9.54. The lowest BCUT2D eigenvalue weighted by Gasteiger charge is -2.31. The third-order valence-electron chi connectivity index (χ3n) is 7.43. The van der Waals surface area contributed by atoms with Gasteiger partial charge in [0.1, 0.15) is 0 Å². The van der Waals surface area contributed by atoms with E-state index in [1.165, 1.54) is 0 Å². The van der Waals surface area contributed by atoms with Crippen LogP contribution in [-0.4, -0.2) is 19.9 Å². The second-order valence-corrected chi connectivity index (χ2v) is 9.96. The number of nitrogens with zero attached hydrogens (tertiary/aromatic N) is 5. The van der Waals surface area contributed by atoms with Crippen LogP contribution in [0.3, 0.4) is 0 Å². The van der Waals surface area contributed by atoms with Crippen LogP contribution in [0.2, 0.25) is 0 Å². The lowest BCUT2D eigenvalue weighted by molar-refractivity contribution is 1.08. The van der Waals surface area contributed by atoms with Crippen LogP contribution < -0.4 is 4.90 Å². The molecule has 192 valence electrons. The molecule has 5 heteroatoms. The largest absolute Gasteiger partial charge is 0.278 e. The zero-order chi connectivity index (χ0) is 27.2. The van der Waals surface area contributed by atoms with Crippen molar-refractivity contribution in [3.05, 3.63) is 140 Å². The molecule has 0 aliphatic carbocycles. The third kappa shape index (κ3) is 3.95. The maximum absolute atomic E-state index is 5.15. The molecule has 8 rings (SSSR count). The molecular weight excluding hydrogens is 502 g/mol. The monoisotopic (exact) mass is 525 g/mol. The van der Waals surface area contributed by atoms with Crippen molar-refractivity contribution >= 4 is 28.2 Å². The molecular formula is C36H23N5. The molecule has 5 nitrogen and oxygen atoms in total.